The number of para-hydroxylation sites is 1. The van der Waals surface area contributed by atoms with Gasteiger partial charge in [0.15, 0.2) is 0 Å². The zero-order chi connectivity index (χ0) is 16.2. The van der Waals surface area contributed by atoms with Crippen LogP contribution >= 0.6 is 0 Å². The van der Waals surface area contributed by atoms with Crippen molar-refractivity contribution in [2.24, 2.45) is 0 Å². The molecule has 1 N–H and O–H groups in total. The third-order valence-corrected chi connectivity index (χ3v) is 4.65. The van der Waals surface area contributed by atoms with Crippen molar-refractivity contribution in [1.82, 2.24) is 5.32 Å². The quantitative estimate of drug-likeness (QED) is 0.925. The maximum atomic E-state index is 12.5. The van der Waals surface area contributed by atoms with Crippen LogP contribution in [0.25, 0.3) is 0 Å². The van der Waals surface area contributed by atoms with E-state index in [2.05, 4.69) is 5.32 Å². The van der Waals surface area contributed by atoms with Crippen LogP contribution in [-0.2, 0) is 20.7 Å². The number of ether oxygens (including phenoxy) is 1. The highest BCUT2D eigenvalue weighted by Gasteiger charge is 2.30. The monoisotopic (exact) mass is 316 g/mol. The highest BCUT2D eigenvalue weighted by molar-refractivity contribution is 6.01. The molecule has 0 aliphatic carbocycles. The average molecular weight is 316 g/mol. The van der Waals surface area contributed by atoms with E-state index in [9.17, 15) is 9.59 Å². The molecule has 23 heavy (non-hydrogen) atoms. The summed E-state index contributed by atoms with van der Waals surface area (Å²) >= 11 is 0. The van der Waals surface area contributed by atoms with E-state index in [-0.39, 0.29) is 17.9 Å². The molecule has 3 rings (SSSR count). The van der Waals surface area contributed by atoms with Crippen molar-refractivity contribution in [3.63, 3.8) is 0 Å². The molecule has 1 aromatic carbocycles. The van der Waals surface area contributed by atoms with Crippen molar-refractivity contribution in [3.05, 3.63) is 29.8 Å². The smallest absolute Gasteiger partial charge is 0.242 e. The fourth-order valence-corrected chi connectivity index (χ4v) is 3.35. The molecule has 2 heterocycles. The van der Waals surface area contributed by atoms with E-state index in [4.69, 9.17) is 4.74 Å². The maximum Gasteiger partial charge on any atom is 0.242 e. The van der Waals surface area contributed by atoms with E-state index in [0.717, 1.165) is 43.5 Å². The number of benzene rings is 1. The molecule has 1 fully saturated rings. The number of rotatable bonds is 4. The highest BCUT2D eigenvalue weighted by Crippen LogP contribution is 2.28. The summed E-state index contributed by atoms with van der Waals surface area (Å²) in [5, 5.41) is 2.94. The topological polar surface area (TPSA) is 58.6 Å². The molecule has 5 nitrogen and oxygen atoms in total. The van der Waals surface area contributed by atoms with Crippen LogP contribution in [0.2, 0.25) is 0 Å². The van der Waals surface area contributed by atoms with Gasteiger partial charge >= 0.3 is 0 Å². The Bertz CT molecular complexity index is 581. The number of carbonyl (C=O) groups is 2. The van der Waals surface area contributed by atoms with Crippen LogP contribution in [0.4, 0.5) is 5.69 Å². The minimum absolute atomic E-state index is 0.0229. The minimum atomic E-state index is -0.511. The van der Waals surface area contributed by atoms with Gasteiger partial charge in [-0.15, -0.1) is 0 Å². The van der Waals surface area contributed by atoms with E-state index in [1.807, 2.05) is 24.3 Å². The lowest BCUT2D eigenvalue weighted by Crippen LogP contribution is -2.49. The van der Waals surface area contributed by atoms with E-state index >= 15 is 0 Å². The molecule has 2 atom stereocenters. The van der Waals surface area contributed by atoms with Crippen molar-refractivity contribution in [2.45, 2.75) is 51.2 Å². The molecule has 0 spiro atoms. The first-order valence-corrected chi connectivity index (χ1v) is 8.46. The molecule has 0 radical (unpaired) electrons. The van der Waals surface area contributed by atoms with Crippen LogP contribution in [-0.4, -0.2) is 37.1 Å². The van der Waals surface area contributed by atoms with Crippen LogP contribution < -0.4 is 10.2 Å². The lowest BCUT2D eigenvalue weighted by atomic mass is 10.1. The summed E-state index contributed by atoms with van der Waals surface area (Å²) in [5.41, 5.74) is 2.01. The second-order valence-corrected chi connectivity index (χ2v) is 6.30. The van der Waals surface area contributed by atoms with Crippen molar-refractivity contribution in [3.8, 4) is 0 Å². The van der Waals surface area contributed by atoms with Gasteiger partial charge in [-0.25, -0.2) is 0 Å². The number of hydrogen-bond acceptors (Lipinski definition) is 3. The van der Waals surface area contributed by atoms with Crippen molar-refractivity contribution in [2.75, 3.05) is 18.1 Å². The minimum Gasteiger partial charge on any atom is -0.376 e. The van der Waals surface area contributed by atoms with Crippen LogP contribution in [0.1, 0.15) is 38.2 Å². The molecule has 0 bridgehead atoms. The van der Waals surface area contributed by atoms with Gasteiger partial charge in [0, 0.05) is 25.3 Å². The SMILES string of the molecule is CC(C(=O)NCC1CCCO1)N1C(=O)CCCc2ccccc21. The summed E-state index contributed by atoms with van der Waals surface area (Å²) in [4.78, 5) is 26.7. The first-order chi connectivity index (χ1) is 11.2. The molecule has 0 aromatic heterocycles. The molecule has 2 aliphatic heterocycles. The second-order valence-electron chi connectivity index (χ2n) is 6.30. The lowest BCUT2D eigenvalue weighted by molar-refractivity contribution is -0.126. The zero-order valence-corrected chi connectivity index (χ0v) is 13.6. The van der Waals surface area contributed by atoms with Gasteiger partial charge in [-0.2, -0.15) is 0 Å². The van der Waals surface area contributed by atoms with Crippen LogP contribution in [0.3, 0.4) is 0 Å². The van der Waals surface area contributed by atoms with E-state index < -0.39 is 6.04 Å². The molecular weight excluding hydrogens is 292 g/mol. The van der Waals surface area contributed by atoms with Gasteiger partial charge in [-0.3, -0.25) is 14.5 Å². The van der Waals surface area contributed by atoms with E-state index in [0.29, 0.717) is 13.0 Å². The predicted octanol–water partition coefficient (Wildman–Crippen LogP) is 2.04. The average Bonchev–Trinajstić information content (AvgIpc) is 3.01. The second kappa shape index (κ2) is 7.13. The Hall–Kier alpha value is -1.88. The maximum absolute atomic E-state index is 12.5. The molecule has 0 saturated carbocycles. The van der Waals surface area contributed by atoms with Crippen molar-refractivity contribution >= 4 is 17.5 Å². The normalized spacial score (nSPS) is 22.4. The fraction of sp³-hybridized carbons (Fsp3) is 0.556. The van der Waals surface area contributed by atoms with Gasteiger partial charge in [0.05, 0.1) is 6.10 Å². The number of anilines is 1. The molecule has 1 saturated heterocycles. The summed E-state index contributed by atoms with van der Waals surface area (Å²) in [7, 11) is 0. The Morgan fingerprint density at radius 1 is 1.35 bits per heavy atom. The number of nitrogens with one attached hydrogen (secondary N) is 1. The number of aryl methyl sites for hydroxylation is 1. The van der Waals surface area contributed by atoms with Gasteiger partial charge < -0.3 is 10.1 Å². The van der Waals surface area contributed by atoms with Crippen LogP contribution in [0, 0.1) is 0 Å². The summed E-state index contributed by atoms with van der Waals surface area (Å²) in [5.74, 6) is -0.0970. The van der Waals surface area contributed by atoms with Gasteiger partial charge in [-0.1, -0.05) is 18.2 Å². The highest BCUT2D eigenvalue weighted by atomic mass is 16.5. The Labute approximate surface area is 137 Å². The third kappa shape index (κ3) is 3.55. The molecular formula is C18H24N2O3. The molecule has 124 valence electrons. The Kier molecular flexibility index (Phi) is 4.96. The number of carbonyl (C=O) groups excluding carboxylic acids is 2. The largest absolute Gasteiger partial charge is 0.376 e. The summed E-state index contributed by atoms with van der Waals surface area (Å²) in [6, 6.07) is 7.36. The first kappa shape index (κ1) is 16.0. The molecule has 2 aliphatic rings. The number of amides is 2. The Morgan fingerprint density at radius 3 is 2.96 bits per heavy atom. The lowest BCUT2D eigenvalue weighted by Gasteiger charge is -2.29. The molecule has 5 heteroatoms. The number of hydrogen-bond donors (Lipinski definition) is 1. The van der Waals surface area contributed by atoms with Gasteiger partial charge in [0.25, 0.3) is 0 Å². The summed E-state index contributed by atoms with van der Waals surface area (Å²) in [6.07, 6.45) is 4.34. The van der Waals surface area contributed by atoms with Gasteiger partial charge in [0.1, 0.15) is 6.04 Å². The van der Waals surface area contributed by atoms with Gasteiger partial charge in [0.2, 0.25) is 11.8 Å². The summed E-state index contributed by atoms with van der Waals surface area (Å²) < 4.78 is 5.53. The van der Waals surface area contributed by atoms with E-state index in [1.54, 1.807) is 11.8 Å². The standard InChI is InChI=1S/C18H24N2O3/c1-13(18(22)19-12-15-8-5-11-23-15)20-16-9-3-2-6-14(16)7-4-10-17(20)21/h2-3,6,9,13,15H,4-5,7-8,10-12H2,1H3,(H,19,22). The van der Waals surface area contributed by atoms with Crippen LogP contribution in [0.5, 0.6) is 0 Å². The predicted molar refractivity (Wildman–Crippen MR) is 88.3 cm³/mol. The molecule has 2 unspecified atom stereocenters. The van der Waals surface area contributed by atoms with Gasteiger partial charge in [-0.05, 0) is 44.2 Å². The molecule has 2 amide bonds. The number of nitrogens with zero attached hydrogens (tertiary/aromatic N) is 1. The van der Waals surface area contributed by atoms with Crippen molar-refractivity contribution < 1.29 is 14.3 Å². The Balaban J connectivity index is 1.72. The zero-order valence-electron chi connectivity index (χ0n) is 13.6. The van der Waals surface area contributed by atoms with E-state index in [1.165, 1.54) is 0 Å². The third-order valence-electron chi connectivity index (χ3n) is 4.65. The fourth-order valence-electron chi connectivity index (χ4n) is 3.35. The Morgan fingerprint density at radius 2 is 2.17 bits per heavy atom. The van der Waals surface area contributed by atoms with Crippen LogP contribution in [0.15, 0.2) is 24.3 Å². The number of fused-ring (bicyclic) bond motifs is 1. The van der Waals surface area contributed by atoms with Crippen molar-refractivity contribution in [1.29, 1.82) is 0 Å². The molecule has 1 aromatic rings. The first-order valence-electron chi connectivity index (χ1n) is 8.46. The summed E-state index contributed by atoms with van der Waals surface area (Å²) in [6.45, 7) is 3.09.